The predicted octanol–water partition coefficient (Wildman–Crippen LogP) is 3.51. The van der Waals surface area contributed by atoms with Gasteiger partial charge in [0.2, 0.25) is 5.91 Å². The van der Waals surface area contributed by atoms with E-state index in [4.69, 9.17) is 9.84 Å². The van der Waals surface area contributed by atoms with Gasteiger partial charge in [0.05, 0.1) is 31.0 Å². The molecule has 0 aliphatic rings. The average molecular weight is 532 g/mol. The van der Waals surface area contributed by atoms with Gasteiger partial charge in [-0.15, -0.1) is 0 Å². The second-order valence-electron chi connectivity index (χ2n) is 10.4. The summed E-state index contributed by atoms with van der Waals surface area (Å²) in [5.41, 5.74) is 0. The molecule has 6 unspecified atom stereocenters. The molecule has 0 saturated carbocycles. The van der Waals surface area contributed by atoms with Crippen LogP contribution in [0.15, 0.2) is 0 Å². The molecule has 0 rings (SSSR count). The lowest BCUT2D eigenvalue weighted by Gasteiger charge is -2.29. The summed E-state index contributed by atoms with van der Waals surface area (Å²) in [5.74, 6) is -4.93. The van der Waals surface area contributed by atoms with Crippen LogP contribution in [0.3, 0.4) is 0 Å². The van der Waals surface area contributed by atoms with Crippen molar-refractivity contribution < 1.29 is 44.3 Å². The molecule has 0 saturated heterocycles. The summed E-state index contributed by atoms with van der Waals surface area (Å²) in [4.78, 5) is 45.4. The fraction of sp³-hybridized carbons (Fsp3) is 0.852. The zero-order valence-electron chi connectivity index (χ0n) is 23.0. The average Bonchev–Trinajstić information content (AvgIpc) is 2.82. The molecule has 10 nitrogen and oxygen atoms in total. The number of esters is 1. The molecule has 5 N–H and O–H groups in total. The van der Waals surface area contributed by atoms with Crippen LogP contribution in [-0.2, 0) is 23.9 Å². The number of carboxylic acid groups (broad SMARTS) is 2. The van der Waals surface area contributed by atoms with E-state index in [1.54, 1.807) is 0 Å². The molecular formula is C27H49NO9. The lowest BCUT2D eigenvalue weighted by molar-refractivity contribution is -0.163. The van der Waals surface area contributed by atoms with Gasteiger partial charge in [-0.2, -0.15) is 0 Å². The number of aliphatic carboxylic acids is 2. The number of carbonyl (C=O) groups excluding carboxylic acids is 2. The number of ether oxygens (including phenoxy) is 1. The standard InChI is InChI=1S/C27H49NO9/c1-5-19(3)26(34)23(37-25(33)16-21(27(35)36)15-24(31)32)14-18(2)12-10-8-6-7-9-11-13-22(30)17-28-20(4)29/h18-19,21-23,26,30,34H,5-17H2,1-4H3,(H,28,29)(H,31,32)(H,35,36). The fourth-order valence-corrected chi connectivity index (χ4v) is 4.20. The third kappa shape index (κ3) is 17.8. The van der Waals surface area contributed by atoms with E-state index < -0.39 is 55.0 Å². The van der Waals surface area contributed by atoms with Gasteiger partial charge in [0.25, 0.3) is 0 Å². The van der Waals surface area contributed by atoms with E-state index in [0.717, 1.165) is 44.9 Å². The molecule has 10 heteroatoms. The molecule has 216 valence electrons. The predicted molar refractivity (Wildman–Crippen MR) is 139 cm³/mol. The maximum Gasteiger partial charge on any atom is 0.307 e. The first kappa shape index (κ1) is 34.8. The van der Waals surface area contributed by atoms with Crippen molar-refractivity contribution >= 4 is 23.8 Å². The van der Waals surface area contributed by atoms with E-state index in [1.807, 2.05) is 20.8 Å². The Kier molecular flexibility index (Phi) is 18.7. The Hall–Kier alpha value is -2.20. The Morgan fingerprint density at radius 3 is 1.95 bits per heavy atom. The highest BCUT2D eigenvalue weighted by molar-refractivity contribution is 5.82. The van der Waals surface area contributed by atoms with Crippen molar-refractivity contribution in [2.24, 2.45) is 17.8 Å². The van der Waals surface area contributed by atoms with Gasteiger partial charge in [-0.05, 0) is 24.7 Å². The van der Waals surface area contributed by atoms with E-state index in [0.29, 0.717) is 19.3 Å². The number of aliphatic hydroxyl groups is 2. The SMILES string of the molecule is CCC(C)C(O)C(CC(C)CCCCCCCCC(O)CNC(C)=O)OC(=O)CC(CC(=O)O)C(=O)O. The van der Waals surface area contributed by atoms with Crippen LogP contribution in [0.4, 0.5) is 0 Å². The molecular weight excluding hydrogens is 482 g/mol. The van der Waals surface area contributed by atoms with E-state index in [1.165, 1.54) is 6.92 Å². The number of rotatable bonds is 22. The van der Waals surface area contributed by atoms with E-state index in [2.05, 4.69) is 5.32 Å². The van der Waals surface area contributed by atoms with Crippen molar-refractivity contribution in [1.82, 2.24) is 5.32 Å². The summed E-state index contributed by atoms with van der Waals surface area (Å²) >= 11 is 0. The molecule has 0 fully saturated rings. The second-order valence-corrected chi connectivity index (χ2v) is 10.4. The Bertz CT molecular complexity index is 685. The molecule has 0 spiro atoms. The zero-order valence-corrected chi connectivity index (χ0v) is 23.0. The number of carbonyl (C=O) groups is 4. The van der Waals surface area contributed by atoms with Gasteiger partial charge in [0.15, 0.2) is 0 Å². The normalized spacial score (nSPS) is 16.2. The van der Waals surface area contributed by atoms with Crippen molar-refractivity contribution in [3.05, 3.63) is 0 Å². The molecule has 37 heavy (non-hydrogen) atoms. The molecule has 1 amide bonds. The number of aliphatic hydroxyl groups excluding tert-OH is 2. The van der Waals surface area contributed by atoms with Crippen LogP contribution in [0.2, 0.25) is 0 Å². The van der Waals surface area contributed by atoms with E-state index in [9.17, 15) is 34.5 Å². The Morgan fingerprint density at radius 2 is 1.43 bits per heavy atom. The van der Waals surface area contributed by atoms with Crippen molar-refractivity contribution in [3.8, 4) is 0 Å². The lowest BCUT2D eigenvalue weighted by atomic mass is 9.89. The quantitative estimate of drug-likeness (QED) is 0.104. The van der Waals surface area contributed by atoms with Crippen LogP contribution in [0.25, 0.3) is 0 Å². The first-order valence-electron chi connectivity index (χ1n) is 13.6. The maximum absolute atomic E-state index is 12.4. The summed E-state index contributed by atoms with van der Waals surface area (Å²) in [5, 5.41) is 41.2. The summed E-state index contributed by atoms with van der Waals surface area (Å²) < 4.78 is 5.50. The molecule has 6 atom stereocenters. The number of amides is 1. The number of nitrogens with one attached hydrogen (secondary N) is 1. The third-order valence-electron chi connectivity index (χ3n) is 6.78. The van der Waals surface area contributed by atoms with Gasteiger partial charge < -0.3 is 30.5 Å². The summed E-state index contributed by atoms with van der Waals surface area (Å²) in [6.45, 7) is 7.53. The van der Waals surface area contributed by atoms with Crippen molar-refractivity contribution in [2.75, 3.05) is 6.54 Å². The lowest BCUT2D eigenvalue weighted by Crippen LogP contribution is -2.38. The van der Waals surface area contributed by atoms with Crippen molar-refractivity contribution in [1.29, 1.82) is 0 Å². The highest BCUT2D eigenvalue weighted by atomic mass is 16.6. The summed E-state index contributed by atoms with van der Waals surface area (Å²) in [6.07, 6.45) is 5.40. The topological polar surface area (TPSA) is 170 Å². The van der Waals surface area contributed by atoms with Crippen LogP contribution >= 0.6 is 0 Å². The van der Waals surface area contributed by atoms with Crippen LogP contribution in [0.5, 0.6) is 0 Å². The van der Waals surface area contributed by atoms with Gasteiger partial charge >= 0.3 is 17.9 Å². The number of carboxylic acids is 2. The largest absolute Gasteiger partial charge is 0.481 e. The second kappa shape index (κ2) is 19.9. The number of unbranched alkanes of at least 4 members (excludes halogenated alkanes) is 5. The summed E-state index contributed by atoms with van der Waals surface area (Å²) in [6, 6.07) is 0. The van der Waals surface area contributed by atoms with Gasteiger partial charge in [-0.25, -0.2) is 0 Å². The van der Waals surface area contributed by atoms with Crippen molar-refractivity contribution in [2.45, 2.75) is 123 Å². The summed E-state index contributed by atoms with van der Waals surface area (Å²) in [7, 11) is 0. The first-order chi connectivity index (χ1) is 17.4. The minimum absolute atomic E-state index is 0.115. The molecule has 0 aromatic rings. The van der Waals surface area contributed by atoms with Crippen LogP contribution in [0.1, 0.15) is 105 Å². The van der Waals surface area contributed by atoms with Crippen LogP contribution < -0.4 is 5.32 Å². The molecule has 0 aromatic heterocycles. The zero-order chi connectivity index (χ0) is 28.4. The Morgan fingerprint density at radius 1 is 0.865 bits per heavy atom. The molecule has 0 heterocycles. The van der Waals surface area contributed by atoms with Crippen molar-refractivity contribution in [3.63, 3.8) is 0 Å². The van der Waals surface area contributed by atoms with Gasteiger partial charge in [0, 0.05) is 13.5 Å². The Balaban J connectivity index is 4.49. The molecule has 0 aliphatic heterocycles. The highest BCUT2D eigenvalue weighted by Gasteiger charge is 2.31. The number of hydrogen-bond acceptors (Lipinski definition) is 7. The molecule has 0 radical (unpaired) electrons. The highest BCUT2D eigenvalue weighted by Crippen LogP contribution is 2.24. The molecule has 0 bridgehead atoms. The molecule has 0 aromatic carbocycles. The first-order valence-corrected chi connectivity index (χ1v) is 13.6. The van der Waals surface area contributed by atoms with Crippen LogP contribution in [0, 0.1) is 17.8 Å². The van der Waals surface area contributed by atoms with Gasteiger partial charge in [-0.1, -0.05) is 72.1 Å². The monoisotopic (exact) mass is 531 g/mol. The molecule has 0 aliphatic carbocycles. The van der Waals surface area contributed by atoms with E-state index in [-0.39, 0.29) is 24.3 Å². The van der Waals surface area contributed by atoms with E-state index >= 15 is 0 Å². The van der Waals surface area contributed by atoms with Crippen LogP contribution in [-0.4, -0.2) is 69.1 Å². The minimum atomic E-state index is -1.37. The smallest absolute Gasteiger partial charge is 0.307 e. The third-order valence-corrected chi connectivity index (χ3v) is 6.78. The minimum Gasteiger partial charge on any atom is -0.481 e. The Labute approximate surface area is 221 Å². The fourth-order valence-electron chi connectivity index (χ4n) is 4.20. The maximum atomic E-state index is 12.4. The van der Waals surface area contributed by atoms with Gasteiger partial charge in [-0.3, -0.25) is 19.2 Å². The number of hydrogen-bond donors (Lipinski definition) is 5. The van der Waals surface area contributed by atoms with Gasteiger partial charge in [0.1, 0.15) is 6.10 Å².